The monoisotopic (exact) mass is 337 g/mol. The molecular weight excluding hydrogens is 318 g/mol. The molecule has 0 spiro atoms. The zero-order chi connectivity index (χ0) is 17.8. The molecule has 7 heteroatoms. The van der Waals surface area contributed by atoms with Gasteiger partial charge in [-0.05, 0) is 48.4 Å². The summed E-state index contributed by atoms with van der Waals surface area (Å²) in [6.07, 6.45) is 0. The minimum atomic E-state index is -0.210. The standard InChI is InChI=1S/C18H19N5O2/c1-12-8-9-13(2)15(10-12)19-17(24)11-23-21-18(20-22-23)14-6-4-5-7-16(14)25-3/h4-10H,11H2,1-3H3,(H,19,24). The van der Waals surface area contributed by atoms with Crippen molar-refractivity contribution >= 4 is 11.6 Å². The number of amides is 1. The summed E-state index contributed by atoms with van der Waals surface area (Å²) in [6, 6.07) is 13.3. The van der Waals surface area contributed by atoms with E-state index in [0.29, 0.717) is 11.6 Å². The van der Waals surface area contributed by atoms with Gasteiger partial charge < -0.3 is 10.1 Å². The molecule has 0 bridgehead atoms. The zero-order valence-electron chi connectivity index (χ0n) is 14.4. The van der Waals surface area contributed by atoms with Gasteiger partial charge in [-0.3, -0.25) is 4.79 Å². The molecule has 0 unspecified atom stereocenters. The van der Waals surface area contributed by atoms with Crippen LogP contribution in [0, 0.1) is 13.8 Å². The lowest BCUT2D eigenvalue weighted by Gasteiger charge is -2.08. The second-order valence-corrected chi connectivity index (χ2v) is 5.71. The quantitative estimate of drug-likeness (QED) is 0.774. The number of aryl methyl sites for hydroxylation is 2. The molecule has 7 nitrogen and oxygen atoms in total. The van der Waals surface area contributed by atoms with Crippen LogP contribution >= 0.6 is 0 Å². The Morgan fingerprint density at radius 1 is 1.20 bits per heavy atom. The van der Waals surface area contributed by atoms with Crippen LogP contribution in [-0.2, 0) is 11.3 Å². The van der Waals surface area contributed by atoms with Crippen LogP contribution in [0.4, 0.5) is 5.69 Å². The molecule has 2 aromatic carbocycles. The number of rotatable bonds is 5. The Morgan fingerprint density at radius 3 is 2.80 bits per heavy atom. The fourth-order valence-electron chi connectivity index (χ4n) is 2.44. The maximum atomic E-state index is 12.2. The van der Waals surface area contributed by atoms with E-state index in [1.807, 2.05) is 56.3 Å². The highest BCUT2D eigenvalue weighted by atomic mass is 16.5. The number of carbonyl (C=O) groups excluding carboxylic acids is 1. The lowest BCUT2D eigenvalue weighted by atomic mass is 10.1. The van der Waals surface area contributed by atoms with Crippen molar-refractivity contribution in [3.8, 4) is 17.1 Å². The number of nitrogens with zero attached hydrogens (tertiary/aromatic N) is 4. The third-order valence-corrected chi connectivity index (χ3v) is 3.75. The van der Waals surface area contributed by atoms with Crippen molar-refractivity contribution in [2.75, 3.05) is 12.4 Å². The van der Waals surface area contributed by atoms with E-state index in [9.17, 15) is 4.79 Å². The summed E-state index contributed by atoms with van der Waals surface area (Å²) in [6.45, 7) is 3.91. The molecule has 1 amide bonds. The molecule has 0 atom stereocenters. The molecule has 128 valence electrons. The number of anilines is 1. The van der Waals surface area contributed by atoms with E-state index in [-0.39, 0.29) is 12.5 Å². The minimum absolute atomic E-state index is 0.0183. The van der Waals surface area contributed by atoms with Crippen molar-refractivity contribution in [3.63, 3.8) is 0 Å². The second kappa shape index (κ2) is 7.12. The van der Waals surface area contributed by atoms with E-state index in [1.165, 1.54) is 4.80 Å². The molecule has 0 aliphatic heterocycles. The Kier molecular flexibility index (Phi) is 4.74. The molecule has 0 aliphatic rings. The molecule has 3 rings (SSSR count). The fourth-order valence-corrected chi connectivity index (χ4v) is 2.44. The highest BCUT2D eigenvalue weighted by Crippen LogP contribution is 2.25. The van der Waals surface area contributed by atoms with Crippen molar-refractivity contribution < 1.29 is 9.53 Å². The summed E-state index contributed by atoms with van der Waals surface area (Å²) in [5.74, 6) is 0.858. The van der Waals surface area contributed by atoms with Gasteiger partial charge in [0.25, 0.3) is 0 Å². The van der Waals surface area contributed by atoms with Crippen LogP contribution in [-0.4, -0.2) is 33.2 Å². The topological polar surface area (TPSA) is 81.9 Å². The fraction of sp³-hybridized carbons (Fsp3) is 0.222. The van der Waals surface area contributed by atoms with Crippen molar-refractivity contribution in [2.24, 2.45) is 0 Å². The van der Waals surface area contributed by atoms with E-state index in [0.717, 1.165) is 22.4 Å². The Balaban J connectivity index is 1.73. The number of aromatic nitrogens is 4. The Morgan fingerprint density at radius 2 is 2.00 bits per heavy atom. The van der Waals surface area contributed by atoms with Gasteiger partial charge in [-0.1, -0.05) is 24.3 Å². The van der Waals surface area contributed by atoms with E-state index < -0.39 is 0 Å². The molecule has 0 fully saturated rings. The first-order valence-electron chi connectivity index (χ1n) is 7.85. The van der Waals surface area contributed by atoms with Gasteiger partial charge in [0, 0.05) is 5.69 Å². The van der Waals surface area contributed by atoms with Crippen molar-refractivity contribution in [1.82, 2.24) is 20.2 Å². The average molecular weight is 337 g/mol. The van der Waals surface area contributed by atoms with Crippen LogP contribution in [0.25, 0.3) is 11.4 Å². The lowest BCUT2D eigenvalue weighted by molar-refractivity contribution is -0.117. The maximum absolute atomic E-state index is 12.2. The van der Waals surface area contributed by atoms with Crippen molar-refractivity contribution in [1.29, 1.82) is 0 Å². The van der Waals surface area contributed by atoms with Crippen LogP contribution in [0.5, 0.6) is 5.75 Å². The van der Waals surface area contributed by atoms with Crippen LogP contribution in [0.15, 0.2) is 42.5 Å². The molecule has 3 aromatic rings. The molecule has 1 N–H and O–H groups in total. The molecule has 1 heterocycles. The predicted octanol–water partition coefficient (Wildman–Crippen LogP) is 2.60. The highest BCUT2D eigenvalue weighted by Gasteiger charge is 2.13. The Hall–Kier alpha value is -3.22. The van der Waals surface area contributed by atoms with Gasteiger partial charge >= 0.3 is 0 Å². The smallest absolute Gasteiger partial charge is 0.248 e. The van der Waals surface area contributed by atoms with E-state index in [2.05, 4.69) is 20.7 Å². The number of nitrogens with one attached hydrogen (secondary N) is 1. The van der Waals surface area contributed by atoms with Gasteiger partial charge in [-0.25, -0.2) is 0 Å². The molecule has 0 radical (unpaired) electrons. The van der Waals surface area contributed by atoms with Crippen LogP contribution in [0.2, 0.25) is 0 Å². The molecule has 0 saturated heterocycles. The lowest BCUT2D eigenvalue weighted by Crippen LogP contribution is -2.21. The first-order valence-corrected chi connectivity index (χ1v) is 7.85. The number of tetrazole rings is 1. The van der Waals surface area contributed by atoms with Gasteiger partial charge in [0.05, 0.1) is 12.7 Å². The molecule has 0 aliphatic carbocycles. The van der Waals surface area contributed by atoms with Crippen molar-refractivity contribution in [3.05, 3.63) is 53.6 Å². The number of carbonyl (C=O) groups is 1. The predicted molar refractivity (Wildman–Crippen MR) is 94.4 cm³/mol. The largest absolute Gasteiger partial charge is 0.496 e. The summed E-state index contributed by atoms with van der Waals surface area (Å²) >= 11 is 0. The average Bonchev–Trinajstić information content (AvgIpc) is 3.06. The van der Waals surface area contributed by atoms with Gasteiger partial charge in [0.15, 0.2) is 0 Å². The Labute approximate surface area is 145 Å². The van der Waals surface area contributed by atoms with Crippen LogP contribution in [0.3, 0.4) is 0 Å². The summed E-state index contributed by atoms with van der Waals surface area (Å²) in [5.41, 5.74) is 3.60. The summed E-state index contributed by atoms with van der Waals surface area (Å²) in [4.78, 5) is 13.5. The first-order chi connectivity index (χ1) is 12.1. The van der Waals surface area contributed by atoms with E-state index >= 15 is 0 Å². The summed E-state index contributed by atoms with van der Waals surface area (Å²) in [5, 5.41) is 15.1. The summed E-state index contributed by atoms with van der Waals surface area (Å²) < 4.78 is 5.30. The Bertz CT molecular complexity index is 904. The first kappa shape index (κ1) is 16.6. The van der Waals surface area contributed by atoms with Gasteiger partial charge in [-0.2, -0.15) is 4.80 Å². The van der Waals surface area contributed by atoms with E-state index in [1.54, 1.807) is 7.11 Å². The number of hydrogen-bond donors (Lipinski definition) is 1. The molecule has 1 aromatic heterocycles. The number of methoxy groups -OCH3 is 1. The molecular formula is C18H19N5O2. The van der Waals surface area contributed by atoms with Gasteiger partial charge in [0.2, 0.25) is 11.7 Å². The van der Waals surface area contributed by atoms with Crippen LogP contribution in [0.1, 0.15) is 11.1 Å². The maximum Gasteiger partial charge on any atom is 0.248 e. The van der Waals surface area contributed by atoms with E-state index in [4.69, 9.17) is 4.74 Å². The van der Waals surface area contributed by atoms with Crippen LogP contribution < -0.4 is 10.1 Å². The number of hydrogen-bond acceptors (Lipinski definition) is 5. The normalized spacial score (nSPS) is 10.5. The molecule has 25 heavy (non-hydrogen) atoms. The number of benzene rings is 2. The summed E-state index contributed by atoms with van der Waals surface area (Å²) in [7, 11) is 1.58. The second-order valence-electron chi connectivity index (χ2n) is 5.71. The number of ether oxygens (including phenoxy) is 1. The SMILES string of the molecule is COc1ccccc1-c1nnn(CC(=O)Nc2cc(C)ccc2C)n1. The third-order valence-electron chi connectivity index (χ3n) is 3.75. The third kappa shape index (κ3) is 3.82. The highest BCUT2D eigenvalue weighted by molar-refractivity contribution is 5.91. The van der Waals surface area contributed by atoms with Gasteiger partial charge in [0.1, 0.15) is 12.3 Å². The zero-order valence-corrected chi connectivity index (χ0v) is 14.4. The molecule has 0 saturated carbocycles. The van der Waals surface area contributed by atoms with Crippen molar-refractivity contribution in [2.45, 2.75) is 20.4 Å². The number of para-hydroxylation sites is 1. The van der Waals surface area contributed by atoms with Gasteiger partial charge in [-0.15, -0.1) is 10.2 Å². The minimum Gasteiger partial charge on any atom is -0.496 e.